The highest BCUT2D eigenvalue weighted by Gasteiger charge is 2.24. The number of nitrogens with zero attached hydrogens (tertiary/aromatic N) is 2. The van der Waals surface area contributed by atoms with Crippen molar-refractivity contribution >= 4 is 22.7 Å². The van der Waals surface area contributed by atoms with Gasteiger partial charge in [-0.25, -0.2) is 0 Å². The van der Waals surface area contributed by atoms with Gasteiger partial charge in [0.25, 0.3) is 0 Å². The van der Waals surface area contributed by atoms with Crippen LogP contribution in [0.15, 0.2) is 76.5 Å². The molecule has 4 nitrogen and oxygen atoms in total. The van der Waals surface area contributed by atoms with Crippen molar-refractivity contribution in [2.75, 3.05) is 6.61 Å². The molecule has 0 atom stereocenters. The lowest BCUT2D eigenvalue weighted by Gasteiger charge is -2.16. The topological polar surface area (TPSA) is 47.3 Å². The van der Waals surface area contributed by atoms with Gasteiger partial charge in [0, 0.05) is 26.8 Å². The Morgan fingerprint density at radius 1 is 0.963 bits per heavy atom. The summed E-state index contributed by atoms with van der Waals surface area (Å²) in [6.07, 6.45) is 0. The maximum absolute atomic E-state index is 9.47. The third-order valence-corrected chi connectivity index (χ3v) is 5.83. The van der Waals surface area contributed by atoms with E-state index in [-0.39, 0.29) is 6.61 Å². The fourth-order valence-electron chi connectivity index (χ4n) is 3.47. The van der Waals surface area contributed by atoms with Gasteiger partial charge in [-0.05, 0) is 17.7 Å². The molecule has 5 heteroatoms. The summed E-state index contributed by atoms with van der Waals surface area (Å²) in [7, 11) is 0. The van der Waals surface area contributed by atoms with Gasteiger partial charge in [0.1, 0.15) is 18.1 Å². The second kappa shape index (κ2) is 6.76. The first-order valence-corrected chi connectivity index (χ1v) is 9.74. The van der Waals surface area contributed by atoms with Crippen LogP contribution in [0.4, 0.5) is 0 Å². The predicted molar refractivity (Wildman–Crippen MR) is 107 cm³/mol. The molecule has 0 amide bonds. The van der Waals surface area contributed by atoms with Crippen LogP contribution in [0, 0.1) is 0 Å². The molecule has 2 heterocycles. The first-order chi connectivity index (χ1) is 13.3. The van der Waals surface area contributed by atoms with E-state index in [2.05, 4.69) is 36.4 Å². The highest BCUT2D eigenvalue weighted by Crippen LogP contribution is 2.48. The van der Waals surface area contributed by atoms with Crippen LogP contribution >= 0.6 is 11.8 Å². The Bertz CT molecular complexity index is 1120. The minimum Gasteiger partial charge on any atom is -0.489 e. The maximum atomic E-state index is 9.47. The number of rotatable bonds is 5. The van der Waals surface area contributed by atoms with E-state index in [0.717, 1.165) is 38.4 Å². The normalized spacial score (nSPS) is 12.2. The van der Waals surface area contributed by atoms with E-state index in [9.17, 15) is 5.11 Å². The molecule has 0 saturated carbocycles. The maximum Gasteiger partial charge on any atom is 0.123 e. The standard InChI is InChI=1S/C22H18N2O2S/c25-11-10-24-18-12-16(26-14-15-6-2-1-3-7-15)13-20-21(18)22(23-24)17-8-4-5-9-19(17)27-20/h1-9,12-13,25H,10-11,14H2. The lowest BCUT2D eigenvalue weighted by molar-refractivity contribution is 0.271. The lowest BCUT2D eigenvalue weighted by Crippen LogP contribution is -2.04. The van der Waals surface area contributed by atoms with Gasteiger partial charge in [-0.2, -0.15) is 5.10 Å². The van der Waals surface area contributed by atoms with Gasteiger partial charge in [0.2, 0.25) is 0 Å². The molecule has 0 spiro atoms. The summed E-state index contributed by atoms with van der Waals surface area (Å²) in [6.45, 7) is 1.04. The highest BCUT2D eigenvalue weighted by molar-refractivity contribution is 7.99. The van der Waals surface area contributed by atoms with Gasteiger partial charge >= 0.3 is 0 Å². The lowest BCUT2D eigenvalue weighted by atomic mass is 10.1. The Labute approximate surface area is 161 Å². The third kappa shape index (κ3) is 2.89. The Balaban J connectivity index is 1.60. The van der Waals surface area contributed by atoms with E-state index in [4.69, 9.17) is 9.84 Å². The summed E-state index contributed by atoms with van der Waals surface area (Å²) in [5.41, 5.74) is 4.27. The molecule has 1 N–H and O–H groups in total. The molecule has 1 aromatic heterocycles. The number of aromatic nitrogens is 2. The SMILES string of the molecule is OCCn1nc2c3c(cc(OCc4ccccc4)cc31)Sc1ccccc1-2. The number of hydrogen-bond acceptors (Lipinski definition) is 4. The molecule has 0 aliphatic carbocycles. The summed E-state index contributed by atoms with van der Waals surface area (Å²) < 4.78 is 7.96. The molecular formula is C22H18N2O2S. The Morgan fingerprint density at radius 2 is 1.78 bits per heavy atom. The zero-order valence-electron chi connectivity index (χ0n) is 14.6. The van der Waals surface area contributed by atoms with Crippen LogP contribution in [-0.2, 0) is 13.2 Å². The molecule has 1 aliphatic rings. The van der Waals surface area contributed by atoms with Crippen LogP contribution in [0.1, 0.15) is 5.56 Å². The zero-order chi connectivity index (χ0) is 18.2. The van der Waals surface area contributed by atoms with Gasteiger partial charge in [0.05, 0.1) is 18.7 Å². The molecule has 0 unspecified atom stereocenters. The summed E-state index contributed by atoms with van der Waals surface area (Å²) in [4.78, 5) is 2.34. The smallest absolute Gasteiger partial charge is 0.123 e. The van der Waals surface area contributed by atoms with Gasteiger partial charge in [-0.15, -0.1) is 0 Å². The molecule has 4 aromatic rings. The summed E-state index contributed by atoms with van der Waals surface area (Å²) >= 11 is 1.75. The molecule has 5 rings (SSSR count). The van der Waals surface area contributed by atoms with Gasteiger partial charge < -0.3 is 9.84 Å². The Hall–Kier alpha value is -2.76. The molecule has 0 radical (unpaired) electrons. The van der Waals surface area contributed by atoms with Crippen LogP contribution in [0.25, 0.3) is 22.2 Å². The number of aliphatic hydroxyl groups is 1. The molecule has 0 saturated heterocycles. The molecule has 0 bridgehead atoms. The number of fused-ring (bicyclic) bond motifs is 2. The average Bonchev–Trinajstić information content (AvgIpc) is 3.07. The Morgan fingerprint density at radius 3 is 2.63 bits per heavy atom. The van der Waals surface area contributed by atoms with Gasteiger partial charge in [0.15, 0.2) is 0 Å². The van der Waals surface area contributed by atoms with Gasteiger partial charge in [-0.1, -0.05) is 60.3 Å². The van der Waals surface area contributed by atoms with E-state index < -0.39 is 0 Å². The van der Waals surface area contributed by atoms with Crippen LogP contribution < -0.4 is 4.74 Å². The van der Waals surface area contributed by atoms with Crippen molar-refractivity contribution < 1.29 is 9.84 Å². The van der Waals surface area contributed by atoms with E-state index in [1.165, 1.54) is 4.90 Å². The summed E-state index contributed by atoms with van der Waals surface area (Å²) in [5.74, 6) is 0.818. The second-order valence-corrected chi connectivity index (χ2v) is 7.57. The van der Waals surface area contributed by atoms with Crippen LogP contribution in [0.5, 0.6) is 5.75 Å². The summed E-state index contributed by atoms with van der Waals surface area (Å²) in [6, 6.07) is 22.6. The average molecular weight is 374 g/mol. The molecule has 0 fully saturated rings. The van der Waals surface area contributed by atoms with E-state index in [1.807, 2.05) is 35.0 Å². The van der Waals surface area contributed by atoms with Gasteiger partial charge in [-0.3, -0.25) is 4.68 Å². The van der Waals surface area contributed by atoms with Crippen molar-refractivity contribution in [3.05, 3.63) is 72.3 Å². The molecule has 27 heavy (non-hydrogen) atoms. The van der Waals surface area contributed by atoms with Crippen LogP contribution in [-0.4, -0.2) is 21.5 Å². The first kappa shape index (κ1) is 16.4. The van der Waals surface area contributed by atoms with Crippen molar-refractivity contribution in [2.45, 2.75) is 22.9 Å². The minimum atomic E-state index is 0.0510. The predicted octanol–water partition coefficient (Wildman–Crippen LogP) is 4.74. The fourth-order valence-corrected chi connectivity index (χ4v) is 4.61. The first-order valence-electron chi connectivity index (χ1n) is 8.93. The van der Waals surface area contributed by atoms with Crippen molar-refractivity contribution in [2.24, 2.45) is 0 Å². The van der Waals surface area contributed by atoms with Crippen molar-refractivity contribution in [3.8, 4) is 17.0 Å². The molecule has 1 aliphatic heterocycles. The van der Waals surface area contributed by atoms with E-state index >= 15 is 0 Å². The van der Waals surface area contributed by atoms with Crippen LogP contribution in [0.3, 0.4) is 0 Å². The number of ether oxygens (including phenoxy) is 1. The van der Waals surface area contributed by atoms with Crippen molar-refractivity contribution in [1.82, 2.24) is 9.78 Å². The van der Waals surface area contributed by atoms with Crippen molar-refractivity contribution in [3.63, 3.8) is 0 Å². The summed E-state index contributed by atoms with van der Waals surface area (Å²) in [5, 5.41) is 15.4. The number of aliphatic hydroxyl groups excluding tert-OH is 1. The number of hydrogen-bond donors (Lipinski definition) is 1. The third-order valence-electron chi connectivity index (χ3n) is 4.71. The van der Waals surface area contributed by atoms with Crippen molar-refractivity contribution in [1.29, 1.82) is 0 Å². The zero-order valence-corrected chi connectivity index (χ0v) is 15.4. The quantitative estimate of drug-likeness (QED) is 0.483. The largest absolute Gasteiger partial charge is 0.489 e. The monoisotopic (exact) mass is 374 g/mol. The highest BCUT2D eigenvalue weighted by atomic mass is 32.2. The second-order valence-electron chi connectivity index (χ2n) is 6.48. The van der Waals surface area contributed by atoms with Crippen LogP contribution in [0.2, 0.25) is 0 Å². The molecular weight excluding hydrogens is 356 g/mol. The number of benzene rings is 3. The molecule has 134 valence electrons. The van der Waals surface area contributed by atoms with E-state index in [0.29, 0.717) is 13.2 Å². The van der Waals surface area contributed by atoms with E-state index in [1.54, 1.807) is 11.8 Å². The minimum absolute atomic E-state index is 0.0510. The molecule has 3 aromatic carbocycles. The fraction of sp³-hybridized carbons (Fsp3) is 0.136. The Kier molecular flexibility index (Phi) is 4.11.